The lowest BCUT2D eigenvalue weighted by Gasteiger charge is -2.32. The molecular formula is C20H24ClN2O3+. The fourth-order valence-electron chi connectivity index (χ4n) is 3.36. The van der Waals surface area contributed by atoms with E-state index in [0.717, 1.165) is 37.7 Å². The number of piperazine rings is 1. The number of hydrogen-bond donors (Lipinski definition) is 1. The normalized spacial score (nSPS) is 15.0. The smallest absolute Gasteiger partial charge is 0.258 e. The van der Waals surface area contributed by atoms with Crippen molar-refractivity contribution >= 4 is 17.5 Å². The largest absolute Gasteiger partial charge is 0.493 e. The van der Waals surface area contributed by atoms with Crippen molar-refractivity contribution in [2.45, 2.75) is 6.54 Å². The van der Waals surface area contributed by atoms with Gasteiger partial charge in [0.25, 0.3) is 5.91 Å². The Labute approximate surface area is 159 Å². The van der Waals surface area contributed by atoms with Gasteiger partial charge in [-0.1, -0.05) is 29.8 Å². The van der Waals surface area contributed by atoms with E-state index in [1.54, 1.807) is 26.4 Å². The number of rotatable bonds is 5. The van der Waals surface area contributed by atoms with Gasteiger partial charge in [-0.05, 0) is 24.3 Å². The third-order valence-electron chi connectivity index (χ3n) is 4.73. The maximum Gasteiger partial charge on any atom is 0.258 e. The lowest BCUT2D eigenvalue weighted by molar-refractivity contribution is -0.917. The van der Waals surface area contributed by atoms with Crippen LogP contribution in [0.3, 0.4) is 0 Å². The molecule has 0 radical (unpaired) electrons. The lowest BCUT2D eigenvalue weighted by atomic mass is 10.1. The minimum Gasteiger partial charge on any atom is -0.493 e. The van der Waals surface area contributed by atoms with E-state index in [-0.39, 0.29) is 5.91 Å². The topological polar surface area (TPSA) is 43.2 Å². The molecule has 0 unspecified atom stereocenters. The number of para-hydroxylation sites is 1. The van der Waals surface area contributed by atoms with Crippen LogP contribution in [-0.4, -0.2) is 51.2 Å². The Hall–Kier alpha value is -2.24. The van der Waals surface area contributed by atoms with Gasteiger partial charge in [-0.2, -0.15) is 0 Å². The molecule has 0 aromatic heterocycles. The summed E-state index contributed by atoms with van der Waals surface area (Å²) in [6, 6.07) is 13.4. The molecule has 2 aromatic carbocycles. The van der Waals surface area contributed by atoms with Gasteiger partial charge in [0.2, 0.25) is 0 Å². The highest BCUT2D eigenvalue weighted by molar-refractivity contribution is 6.30. The number of carbonyl (C=O) groups excluding carboxylic acids is 1. The Morgan fingerprint density at radius 2 is 1.85 bits per heavy atom. The minimum atomic E-state index is -0.0115. The first-order valence-corrected chi connectivity index (χ1v) is 9.08. The van der Waals surface area contributed by atoms with Crippen LogP contribution in [0.1, 0.15) is 15.9 Å². The average molecular weight is 376 g/mol. The number of halogens is 1. The van der Waals surface area contributed by atoms with Gasteiger partial charge >= 0.3 is 0 Å². The first-order valence-electron chi connectivity index (χ1n) is 8.70. The van der Waals surface area contributed by atoms with Crippen molar-refractivity contribution in [3.8, 4) is 11.5 Å². The predicted octanol–water partition coefficient (Wildman–Crippen LogP) is 1.90. The first-order chi connectivity index (χ1) is 12.6. The van der Waals surface area contributed by atoms with Crippen molar-refractivity contribution in [1.29, 1.82) is 0 Å². The summed E-state index contributed by atoms with van der Waals surface area (Å²) >= 11 is 6.06. The summed E-state index contributed by atoms with van der Waals surface area (Å²) in [6.45, 7) is 4.17. The molecule has 2 aromatic rings. The van der Waals surface area contributed by atoms with Gasteiger partial charge in [0.15, 0.2) is 11.5 Å². The highest BCUT2D eigenvalue weighted by atomic mass is 35.5. The summed E-state index contributed by atoms with van der Waals surface area (Å²) < 4.78 is 10.7. The molecule has 0 atom stereocenters. The molecule has 1 aliphatic rings. The van der Waals surface area contributed by atoms with Gasteiger partial charge in [0.1, 0.15) is 6.54 Å². The standard InChI is InChI=1S/C20H23ClN2O3/c1-25-18-8-4-7-17(19(18)26-2)20(24)23-11-9-22(10-12-23)14-15-5-3-6-16(21)13-15/h3-8,13H,9-12,14H2,1-2H3/p+1. The Morgan fingerprint density at radius 3 is 2.50 bits per heavy atom. The SMILES string of the molecule is COc1cccc(C(=O)N2CC[NH+](Cc3cccc(Cl)c3)CC2)c1OC. The molecule has 1 saturated heterocycles. The van der Waals surface area contributed by atoms with Crippen LogP contribution in [0.4, 0.5) is 0 Å². The molecule has 138 valence electrons. The number of methoxy groups -OCH3 is 2. The Balaban J connectivity index is 1.64. The monoisotopic (exact) mass is 375 g/mol. The van der Waals surface area contributed by atoms with Gasteiger partial charge in [-0.25, -0.2) is 0 Å². The van der Waals surface area contributed by atoms with E-state index < -0.39 is 0 Å². The number of nitrogens with zero attached hydrogens (tertiary/aromatic N) is 1. The number of benzene rings is 2. The van der Waals surface area contributed by atoms with E-state index in [2.05, 4.69) is 6.07 Å². The summed E-state index contributed by atoms with van der Waals surface area (Å²) in [5.41, 5.74) is 1.77. The maximum absolute atomic E-state index is 12.9. The molecule has 1 heterocycles. The molecule has 3 rings (SSSR count). The second-order valence-electron chi connectivity index (χ2n) is 6.39. The third-order valence-corrected chi connectivity index (χ3v) is 4.97. The van der Waals surface area contributed by atoms with Crippen LogP contribution in [-0.2, 0) is 6.54 Å². The molecule has 0 saturated carbocycles. The molecule has 1 aliphatic heterocycles. The van der Waals surface area contributed by atoms with Gasteiger partial charge in [-0.15, -0.1) is 0 Å². The summed E-state index contributed by atoms with van der Waals surface area (Å²) in [5, 5.41) is 0.765. The number of quaternary nitrogens is 1. The van der Waals surface area contributed by atoms with E-state index in [4.69, 9.17) is 21.1 Å². The van der Waals surface area contributed by atoms with Crippen molar-refractivity contribution in [3.63, 3.8) is 0 Å². The van der Waals surface area contributed by atoms with Crippen LogP contribution in [0.15, 0.2) is 42.5 Å². The van der Waals surface area contributed by atoms with Crippen molar-refractivity contribution in [2.75, 3.05) is 40.4 Å². The quantitative estimate of drug-likeness (QED) is 0.868. The Kier molecular flexibility index (Phi) is 6.01. The second kappa shape index (κ2) is 8.43. The Morgan fingerprint density at radius 1 is 1.12 bits per heavy atom. The van der Waals surface area contributed by atoms with Gasteiger partial charge < -0.3 is 19.3 Å². The van der Waals surface area contributed by atoms with Gasteiger partial charge in [0, 0.05) is 10.6 Å². The molecule has 6 heteroatoms. The van der Waals surface area contributed by atoms with Crippen LogP contribution < -0.4 is 14.4 Å². The van der Waals surface area contributed by atoms with Gasteiger partial charge in [-0.3, -0.25) is 4.79 Å². The predicted molar refractivity (Wildman–Crippen MR) is 101 cm³/mol. The summed E-state index contributed by atoms with van der Waals surface area (Å²) in [5.74, 6) is 1.06. The fourth-order valence-corrected chi connectivity index (χ4v) is 3.58. The number of nitrogens with one attached hydrogen (secondary N) is 1. The molecular weight excluding hydrogens is 352 g/mol. The van der Waals surface area contributed by atoms with Crippen LogP contribution in [0.5, 0.6) is 11.5 Å². The minimum absolute atomic E-state index is 0.0115. The molecule has 1 amide bonds. The molecule has 26 heavy (non-hydrogen) atoms. The third kappa shape index (κ3) is 4.11. The zero-order valence-corrected chi connectivity index (χ0v) is 15.9. The second-order valence-corrected chi connectivity index (χ2v) is 6.83. The van der Waals surface area contributed by atoms with E-state index in [1.807, 2.05) is 29.2 Å². The van der Waals surface area contributed by atoms with Crippen LogP contribution in [0.25, 0.3) is 0 Å². The first kappa shape index (κ1) is 18.5. The van der Waals surface area contributed by atoms with Crippen molar-refractivity contribution < 1.29 is 19.2 Å². The van der Waals surface area contributed by atoms with E-state index >= 15 is 0 Å². The Bertz CT molecular complexity index is 773. The maximum atomic E-state index is 12.9. The van der Waals surface area contributed by atoms with Crippen molar-refractivity contribution in [3.05, 3.63) is 58.6 Å². The zero-order valence-electron chi connectivity index (χ0n) is 15.1. The molecule has 0 spiro atoms. The van der Waals surface area contributed by atoms with Crippen LogP contribution >= 0.6 is 11.6 Å². The van der Waals surface area contributed by atoms with Crippen LogP contribution in [0.2, 0.25) is 5.02 Å². The molecule has 0 aliphatic carbocycles. The van der Waals surface area contributed by atoms with E-state index in [9.17, 15) is 4.79 Å². The summed E-state index contributed by atoms with van der Waals surface area (Å²) in [4.78, 5) is 16.3. The van der Waals surface area contributed by atoms with Crippen LogP contribution in [0, 0.1) is 0 Å². The summed E-state index contributed by atoms with van der Waals surface area (Å²) in [7, 11) is 3.13. The zero-order chi connectivity index (χ0) is 18.5. The summed E-state index contributed by atoms with van der Waals surface area (Å²) in [6.07, 6.45) is 0. The van der Waals surface area contributed by atoms with Gasteiger partial charge in [0.05, 0.1) is 46.0 Å². The number of ether oxygens (including phenoxy) is 2. The molecule has 1 fully saturated rings. The molecule has 5 nitrogen and oxygen atoms in total. The van der Waals surface area contributed by atoms with E-state index in [1.165, 1.54) is 10.5 Å². The lowest BCUT2D eigenvalue weighted by Crippen LogP contribution is -3.13. The van der Waals surface area contributed by atoms with E-state index in [0.29, 0.717) is 17.1 Å². The van der Waals surface area contributed by atoms with Crippen molar-refractivity contribution in [1.82, 2.24) is 4.90 Å². The average Bonchev–Trinajstić information content (AvgIpc) is 2.67. The molecule has 0 bridgehead atoms. The number of hydrogen-bond acceptors (Lipinski definition) is 3. The molecule has 1 N–H and O–H groups in total. The fraction of sp³-hybridized carbons (Fsp3) is 0.350. The number of carbonyl (C=O) groups is 1. The highest BCUT2D eigenvalue weighted by Crippen LogP contribution is 2.31. The highest BCUT2D eigenvalue weighted by Gasteiger charge is 2.27. The van der Waals surface area contributed by atoms with Crippen molar-refractivity contribution in [2.24, 2.45) is 0 Å². The number of amides is 1.